The van der Waals surface area contributed by atoms with Gasteiger partial charge in [0.1, 0.15) is 11.6 Å². The molecule has 0 N–H and O–H groups in total. The smallest absolute Gasteiger partial charge is 0.219 e. The monoisotopic (exact) mass is 616 g/mol. The molecule has 0 saturated carbocycles. The van der Waals surface area contributed by atoms with Crippen molar-refractivity contribution in [2.24, 2.45) is 0 Å². The van der Waals surface area contributed by atoms with Crippen LogP contribution in [0.15, 0.2) is 146 Å². The van der Waals surface area contributed by atoms with Crippen molar-refractivity contribution in [2.75, 3.05) is 18.6 Å². The lowest BCUT2D eigenvalue weighted by Crippen LogP contribution is -2.25. The summed E-state index contributed by atoms with van der Waals surface area (Å²) in [7, 11) is -1.09. The Morgan fingerprint density at radius 1 is 0.696 bits per heavy atom. The molecule has 1 atom stereocenters. The summed E-state index contributed by atoms with van der Waals surface area (Å²) >= 11 is 0. The van der Waals surface area contributed by atoms with E-state index in [0.717, 1.165) is 38.5 Å². The van der Waals surface area contributed by atoms with Crippen molar-refractivity contribution < 1.29 is 9.30 Å². The third kappa shape index (κ3) is 3.97. The number of hydrogen-bond acceptors (Lipinski definition) is 5. The van der Waals surface area contributed by atoms with E-state index in [4.69, 9.17) is 4.74 Å². The summed E-state index contributed by atoms with van der Waals surface area (Å²) in [6.07, 6.45) is 3.90. The molecule has 0 aliphatic carbocycles. The van der Waals surface area contributed by atoms with Crippen LogP contribution in [0.1, 0.15) is 0 Å². The summed E-state index contributed by atoms with van der Waals surface area (Å²) in [6, 6.07) is 44.8. The molecular formula is C39H29N4O2P. The summed E-state index contributed by atoms with van der Waals surface area (Å²) in [4.78, 5) is 8.81. The SMILES string of the molecule is CN1CN(c2ccc3c(c2)P(=O)(c2cccc(Oc4ccccn4)c2)c2ccccc2-3)C=C1n1c2ccccc2c2ccccc21. The molecule has 0 spiro atoms. The first-order valence-electron chi connectivity index (χ1n) is 15.3. The topological polar surface area (TPSA) is 50.6 Å². The van der Waals surface area contributed by atoms with Gasteiger partial charge in [-0.1, -0.05) is 84.9 Å². The minimum atomic E-state index is -3.21. The van der Waals surface area contributed by atoms with E-state index in [2.05, 4.69) is 105 Å². The molecule has 9 rings (SSSR count). The second-order valence-corrected chi connectivity index (χ2v) is 14.5. The molecule has 2 aromatic heterocycles. The Kier molecular flexibility index (Phi) is 5.96. The van der Waals surface area contributed by atoms with Crippen molar-refractivity contribution >= 4 is 56.4 Å². The maximum Gasteiger partial charge on any atom is 0.219 e. The molecule has 0 amide bonds. The molecule has 7 heteroatoms. The molecule has 4 heterocycles. The first kappa shape index (κ1) is 26.8. The number of ether oxygens (including phenoxy) is 1. The highest BCUT2D eigenvalue weighted by Gasteiger charge is 2.41. The number of rotatable bonds is 5. The van der Waals surface area contributed by atoms with Crippen molar-refractivity contribution in [1.82, 2.24) is 14.5 Å². The molecule has 46 heavy (non-hydrogen) atoms. The van der Waals surface area contributed by atoms with Crippen LogP contribution >= 0.6 is 7.14 Å². The Morgan fingerprint density at radius 2 is 1.41 bits per heavy atom. The molecule has 0 radical (unpaired) electrons. The van der Waals surface area contributed by atoms with E-state index in [0.29, 0.717) is 18.3 Å². The lowest BCUT2D eigenvalue weighted by molar-refractivity contribution is 0.463. The number of para-hydroxylation sites is 2. The predicted molar refractivity (Wildman–Crippen MR) is 188 cm³/mol. The van der Waals surface area contributed by atoms with Gasteiger partial charge in [0.25, 0.3) is 0 Å². The van der Waals surface area contributed by atoms with Crippen LogP contribution in [0.25, 0.3) is 38.8 Å². The summed E-state index contributed by atoms with van der Waals surface area (Å²) in [5.74, 6) is 2.19. The fourth-order valence-electron chi connectivity index (χ4n) is 6.98. The zero-order chi connectivity index (χ0) is 30.8. The lowest BCUT2D eigenvalue weighted by atomic mass is 10.1. The van der Waals surface area contributed by atoms with Crippen molar-refractivity contribution in [1.29, 1.82) is 0 Å². The average Bonchev–Trinajstić information content (AvgIpc) is 3.73. The quantitative estimate of drug-likeness (QED) is 0.185. The van der Waals surface area contributed by atoms with Gasteiger partial charge in [-0.25, -0.2) is 4.98 Å². The van der Waals surface area contributed by atoms with Gasteiger partial charge in [-0.15, -0.1) is 0 Å². The number of pyridine rings is 1. The zero-order valence-electron chi connectivity index (χ0n) is 25.1. The summed E-state index contributed by atoms with van der Waals surface area (Å²) in [6.45, 7) is 0.666. The molecule has 222 valence electrons. The third-order valence-electron chi connectivity index (χ3n) is 9.06. The fourth-order valence-corrected chi connectivity index (χ4v) is 10.1. The first-order chi connectivity index (χ1) is 22.6. The Bertz CT molecular complexity index is 2340. The van der Waals surface area contributed by atoms with E-state index < -0.39 is 7.14 Å². The Morgan fingerprint density at radius 3 is 2.20 bits per heavy atom. The number of fused-ring (bicyclic) bond motifs is 6. The van der Waals surface area contributed by atoms with Crippen molar-refractivity contribution in [3.05, 3.63) is 146 Å². The van der Waals surface area contributed by atoms with Crippen LogP contribution in [-0.4, -0.2) is 28.2 Å². The lowest BCUT2D eigenvalue weighted by Gasteiger charge is -2.22. The fraction of sp³-hybridized carbons (Fsp3) is 0.0513. The van der Waals surface area contributed by atoms with E-state index in [1.165, 1.54) is 21.8 Å². The molecular weight excluding hydrogens is 587 g/mol. The molecule has 0 fully saturated rings. The van der Waals surface area contributed by atoms with E-state index >= 15 is 4.57 Å². The summed E-state index contributed by atoms with van der Waals surface area (Å²) in [5, 5.41) is 4.91. The first-order valence-corrected chi connectivity index (χ1v) is 17.0. The van der Waals surface area contributed by atoms with Crippen LogP contribution in [0.4, 0.5) is 5.69 Å². The summed E-state index contributed by atoms with van der Waals surface area (Å²) < 4.78 is 23.9. The molecule has 5 aromatic carbocycles. The van der Waals surface area contributed by atoms with Crippen molar-refractivity contribution in [3.8, 4) is 22.8 Å². The highest BCUT2D eigenvalue weighted by Crippen LogP contribution is 2.53. The number of anilines is 1. The second-order valence-electron chi connectivity index (χ2n) is 11.8. The van der Waals surface area contributed by atoms with Gasteiger partial charge in [0.15, 0.2) is 7.14 Å². The Balaban J connectivity index is 1.16. The molecule has 2 aliphatic rings. The number of benzene rings is 5. The van der Waals surface area contributed by atoms with Gasteiger partial charge in [-0.05, 0) is 53.6 Å². The second kappa shape index (κ2) is 10.2. The van der Waals surface area contributed by atoms with Gasteiger partial charge in [0.2, 0.25) is 5.88 Å². The highest BCUT2D eigenvalue weighted by molar-refractivity contribution is 7.86. The van der Waals surface area contributed by atoms with Gasteiger partial charge in [0.05, 0.1) is 17.7 Å². The van der Waals surface area contributed by atoms with Crippen LogP contribution in [0.2, 0.25) is 0 Å². The third-order valence-corrected chi connectivity index (χ3v) is 12.2. The number of hydrogen-bond donors (Lipinski definition) is 0. The van der Waals surface area contributed by atoms with Crippen LogP contribution in [0.3, 0.4) is 0 Å². The van der Waals surface area contributed by atoms with E-state index in [1.807, 2.05) is 60.7 Å². The van der Waals surface area contributed by atoms with Gasteiger partial charge >= 0.3 is 0 Å². The normalized spacial score (nSPS) is 16.9. The minimum absolute atomic E-state index is 0.497. The van der Waals surface area contributed by atoms with Crippen LogP contribution in [0, 0.1) is 0 Å². The van der Waals surface area contributed by atoms with Crippen LogP contribution in [0.5, 0.6) is 11.6 Å². The van der Waals surface area contributed by atoms with E-state index in [9.17, 15) is 0 Å². The highest BCUT2D eigenvalue weighted by atomic mass is 31.2. The maximum absolute atomic E-state index is 15.5. The standard InChI is InChI=1S/C39H29N4O2P/c1-41-26-42(25-39(41)43-34-16-5-2-13-30(34)31-14-3-6-17-35(31)43)27-20-21-33-32-15-4-7-18-36(32)46(44,37(33)23-27)29-12-10-11-28(24-29)45-38-19-8-9-22-40-38/h2-25H,26H2,1H3. The zero-order valence-corrected chi connectivity index (χ0v) is 26.0. The number of nitrogens with zero attached hydrogens (tertiary/aromatic N) is 4. The Hall–Kier alpha value is -5.58. The van der Waals surface area contributed by atoms with Gasteiger partial charge in [0, 0.05) is 57.9 Å². The van der Waals surface area contributed by atoms with Crippen LogP contribution in [-0.2, 0) is 4.57 Å². The van der Waals surface area contributed by atoms with Gasteiger partial charge in [-0.3, -0.25) is 4.57 Å². The molecule has 1 unspecified atom stereocenters. The molecule has 0 saturated heterocycles. The average molecular weight is 617 g/mol. The summed E-state index contributed by atoms with van der Waals surface area (Å²) in [5.41, 5.74) is 5.37. The van der Waals surface area contributed by atoms with Crippen LogP contribution < -0.4 is 25.6 Å². The molecule has 2 aliphatic heterocycles. The van der Waals surface area contributed by atoms with E-state index in [1.54, 1.807) is 6.20 Å². The Labute approximate surface area is 266 Å². The van der Waals surface area contributed by atoms with Crippen molar-refractivity contribution in [2.45, 2.75) is 0 Å². The minimum Gasteiger partial charge on any atom is -0.439 e. The largest absolute Gasteiger partial charge is 0.439 e. The molecule has 6 nitrogen and oxygen atoms in total. The van der Waals surface area contributed by atoms with Crippen molar-refractivity contribution in [3.63, 3.8) is 0 Å². The molecule has 7 aromatic rings. The van der Waals surface area contributed by atoms with Gasteiger partial charge in [-0.2, -0.15) is 0 Å². The van der Waals surface area contributed by atoms with Gasteiger partial charge < -0.3 is 19.1 Å². The predicted octanol–water partition coefficient (Wildman–Crippen LogP) is 7.77. The van der Waals surface area contributed by atoms with E-state index in [-0.39, 0.29) is 0 Å². The maximum atomic E-state index is 15.5. The molecule has 0 bridgehead atoms. The number of aromatic nitrogens is 2.